The van der Waals surface area contributed by atoms with Crippen molar-refractivity contribution >= 4 is 11.6 Å². The van der Waals surface area contributed by atoms with Gasteiger partial charge in [0.05, 0.1) is 12.6 Å². The molecule has 0 aliphatic carbocycles. The molecule has 0 aromatic carbocycles. The van der Waals surface area contributed by atoms with Crippen LogP contribution in [0.1, 0.15) is 39.9 Å². The van der Waals surface area contributed by atoms with Crippen LogP contribution in [0.25, 0.3) is 0 Å². The van der Waals surface area contributed by atoms with Crippen LogP contribution in [0.15, 0.2) is 6.07 Å². The zero-order chi connectivity index (χ0) is 13.8. The van der Waals surface area contributed by atoms with Gasteiger partial charge in [0.15, 0.2) is 0 Å². The van der Waals surface area contributed by atoms with Crippen molar-refractivity contribution in [2.75, 3.05) is 24.8 Å². The SMILES string of the molecule is CCC(COC)Nc1cc(N)nc(C(C)(C)C)n1. The largest absolute Gasteiger partial charge is 0.384 e. The highest BCUT2D eigenvalue weighted by molar-refractivity contribution is 5.46. The van der Waals surface area contributed by atoms with E-state index in [0.29, 0.717) is 12.4 Å². The third-order valence-electron chi connectivity index (χ3n) is 2.63. The molecule has 102 valence electrons. The number of anilines is 2. The molecular weight excluding hydrogens is 228 g/mol. The lowest BCUT2D eigenvalue weighted by Crippen LogP contribution is -2.26. The van der Waals surface area contributed by atoms with Crippen LogP contribution in [-0.4, -0.2) is 29.7 Å². The fourth-order valence-electron chi connectivity index (χ4n) is 1.55. The Labute approximate surface area is 109 Å². The number of aromatic nitrogens is 2. The van der Waals surface area contributed by atoms with Crippen LogP contribution < -0.4 is 11.1 Å². The summed E-state index contributed by atoms with van der Waals surface area (Å²) in [5.41, 5.74) is 5.71. The van der Waals surface area contributed by atoms with E-state index in [1.54, 1.807) is 13.2 Å². The van der Waals surface area contributed by atoms with Crippen molar-refractivity contribution in [3.05, 3.63) is 11.9 Å². The summed E-state index contributed by atoms with van der Waals surface area (Å²) in [6.45, 7) is 8.95. The summed E-state index contributed by atoms with van der Waals surface area (Å²) in [6, 6.07) is 1.99. The first-order valence-corrected chi connectivity index (χ1v) is 6.27. The quantitative estimate of drug-likeness (QED) is 0.840. The lowest BCUT2D eigenvalue weighted by atomic mass is 9.96. The molecule has 1 heterocycles. The molecule has 0 radical (unpaired) electrons. The second kappa shape index (κ2) is 6.00. The standard InChI is InChI=1S/C13H24N4O/c1-6-9(8-18-5)15-11-7-10(14)16-12(17-11)13(2,3)4/h7,9H,6,8H2,1-5H3,(H3,14,15,16,17). The number of methoxy groups -OCH3 is 1. The molecule has 1 rings (SSSR count). The lowest BCUT2D eigenvalue weighted by molar-refractivity contribution is 0.184. The van der Waals surface area contributed by atoms with Gasteiger partial charge in [-0.3, -0.25) is 0 Å². The van der Waals surface area contributed by atoms with Crippen molar-refractivity contribution in [3.8, 4) is 0 Å². The van der Waals surface area contributed by atoms with Crippen molar-refractivity contribution in [1.29, 1.82) is 0 Å². The molecule has 0 saturated carbocycles. The summed E-state index contributed by atoms with van der Waals surface area (Å²) in [6.07, 6.45) is 0.961. The Kier molecular flexibility index (Phi) is 4.90. The third kappa shape index (κ3) is 4.14. The van der Waals surface area contributed by atoms with E-state index >= 15 is 0 Å². The topological polar surface area (TPSA) is 73.1 Å². The molecule has 1 aromatic heterocycles. The molecule has 0 aliphatic heterocycles. The van der Waals surface area contributed by atoms with Crippen LogP contribution in [0.4, 0.5) is 11.6 Å². The molecule has 5 nitrogen and oxygen atoms in total. The molecule has 1 atom stereocenters. The minimum atomic E-state index is -0.116. The average Bonchev–Trinajstić information content (AvgIpc) is 2.26. The van der Waals surface area contributed by atoms with E-state index in [-0.39, 0.29) is 11.5 Å². The number of nitrogens with two attached hydrogens (primary N) is 1. The number of nitrogen functional groups attached to an aromatic ring is 1. The fourth-order valence-corrected chi connectivity index (χ4v) is 1.55. The van der Waals surface area contributed by atoms with Crippen molar-refractivity contribution in [2.24, 2.45) is 0 Å². The first kappa shape index (κ1) is 14.7. The second-order valence-electron chi connectivity index (χ2n) is 5.46. The minimum Gasteiger partial charge on any atom is -0.384 e. The van der Waals surface area contributed by atoms with E-state index in [9.17, 15) is 0 Å². The first-order valence-electron chi connectivity index (χ1n) is 6.27. The third-order valence-corrected chi connectivity index (χ3v) is 2.63. The van der Waals surface area contributed by atoms with Gasteiger partial charge in [-0.2, -0.15) is 0 Å². The number of hydrogen-bond donors (Lipinski definition) is 2. The van der Waals surface area contributed by atoms with Gasteiger partial charge in [0.25, 0.3) is 0 Å². The zero-order valence-corrected chi connectivity index (χ0v) is 11.9. The molecule has 0 aliphatic rings. The maximum atomic E-state index is 5.82. The highest BCUT2D eigenvalue weighted by Gasteiger charge is 2.19. The van der Waals surface area contributed by atoms with Gasteiger partial charge in [-0.25, -0.2) is 9.97 Å². The summed E-state index contributed by atoms with van der Waals surface area (Å²) < 4.78 is 5.16. The number of rotatable bonds is 5. The molecular formula is C13H24N4O. The van der Waals surface area contributed by atoms with Crippen LogP contribution in [0, 0.1) is 0 Å². The predicted molar refractivity (Wildman–Crippen MR) is 74.7 cm³/mol. The Morgan fingerprint density at radius 2 is 2.06 bits per heavy atom. The van der Waals surface area contributed by atoms with E-state index in [4.69, 9.17) is 10.5 Å². The van der Waals surface area contributed by atoms with Gasteiger partial charge >= 0.3 is 0 Å². The van der Waals surface area contributed by atoms with Gasteiger partial charge in [-0.1, -0.05) is 27.7 Å². The normalized spacial score (nSPS) is 13.4. The number of ether oxygens (including phenoxy) is 1. The zero-order valence-electron chi connectivity index (χ0n) is 11.9. The van der Waals surface area contributed by atoms with Crippen LogP contribution in [-0.2, 0) is 10.2 Å². The molecule has 1 unspecified atom stereocenters. The highest BCUT2D eigenvalue weighted by atomic mass is 16.5. The molecule has 0 spiro atoms. The molecule has 0 fully saturated rings. The van der Waals surface area contributed by atoms with Gasteiger partial charge in [0.1, 0.15) is 17.5 Å². The van der Waals surface area contributed by atoms with E-state index in [1.165, 1.54) is 0 Å². The second-order valence-corrected chi connectivity index (χ2v) is 5.46. The van der Waals surface area contributed by atoms with Crippen LogP contribution in [0.5, 0.6) is 0 Å². The van der Waals surface area contributed by atoms with Gasteiger partial charge in [0, 0.05) is 18.6 Å². The molecule has 18 heavy (non-hydrogen) atoms. The van der Waals surface area contributed by atoms with Crippen molar-refractivity contribution < 1.29 is 4.74 Å². The highest BCUT2D eigenvalue weighted by Crippen LogP contribution is 2.21. The fraction of sp³-hybridized carbons (Fsp3) is 0.692. The summed E-state index contributed by atoms with van der Waals surface area (Å²) in [4.78, 5) is 8.80. The first-order chi connectivity index (χ1) is 8.36. The van der Waals surface area contributed by atoms with Crippen molar-refractivity contribution in [2.45, 2.75) is 45.6 Å². The number of hydrogen-bond acceptors (Lipinski definition) is 5. The van der Waals surface area contributed by atoms with E-state index < -0.39 is 0 Å². The number of nitrogens with zero attached hydrogens (tertiary/aromatic N) is 2. The minimum absolute atomic E-state index is 0.116. The van der Waals surface area contributed by atoms with Gasteiger partial charge < -0.3 is 15.8 Å². The van der Waals surface area contributed by atoms with Crippen molar-refractivity contribution in [3.63, 3.8) is 0 Å². The van der Waals surface area contributed by atoms with Gasteiger partial charge in [-0.05, 0) is 6.42 Å². The lowest BCUT2D eigenvalue weighted by Gasteiger charge is -2.20. The van der Waals surface area contributed by atoms with E-state index in [0.717, 1.165) is 18.1 Å². The molecule has 0 bridgehead atoms. The van der Waals surface area contributed by atoms with Crippen LogP contribution in [0.3, 0.4) is 0 Å². The van der Waals surface area contributed by atoms with E-state index in [2.05, 4.69) is 43.0 Å². The van der Waals surface area contributed by atoms with Gasteiger partial charge in [0.2, 0.25) is 0 Å². The Bertz CT molecular complexity index is 387. The van der Waals surface area contributed by atoms with Crippen LogP contribution >= 0.6 is 0 Å². The van der Waals surface area contributed by atoms with Crippen LogP contribution in [0.2, 0.25) is 0 Å². The summed E-state index contributed by atoms with van der Waals surface area (Å²) in [7, 11) is 1.69. The summed E-state index contributed by atoms with van der Waals surface area (Å²) in [5.74, 6) is 2.00. The molecule has 0 amide bonds. The number of nitrogens with one attached hydrogen (secondary N) is 1. The Hall–Kier alpha value is -1.36. The smallest absolute Gasteiger partial charge is 0.138 e. The predicted octanol–water partition coefficient (Wildman–Crippen LogP) is 2.19. The average molecular weight is 252 g/mol. The Morgan fingerprint density at radius 1 is 1.39 bits per heavy atom. The van der Waals surface area contributed by atoms with E-state index in [1.807, 2.05) is 0 Å². The van der Waals surface area contributed by atoms with Crippen molar-refractivity contribution in [1.82, 2.24) is 9.97 Å². The monoisotopic (exact) mass is 252 g/mol. The Balaban J connectivity index is 2.92. The maximum absolute atomic E-state index is 5.82. The Morgan fingerprint density at radius 3 is 2.56 bits per heavy atom. The maximum Gasteiger partial charge on any atom is 0.138 e. The summed E-state index contributed by atoms with van der Waals surface area (Å²) >= 11 is 0. The molecule has 1 aromatic rings. The molecule has 0 saturated heterocycles. The van der Waals surface area contributed by atoms with Gasteiger partial charge in [-0.15, -0.1) is 0 Å². The molecule has 3 N–H and O–H groups in total. The molecule has 5 heteroatoms. The summed E-state index contributed by atoms with van der Waals surface area (Å²) in [5, 5.41) is 3.33.